The Morgan fingerprint density at radius 2 is 1.96 bits per heavy atom. The van der Waals surface area contributed by atoms with Gasteiger partial charge in [0, 0.05) is 55.6 Å². The molecule has 1 aromatic carbocycles. The maximum Gasteiger partial charge on any atom is 0.205 e. The van der Waals surface area contributed by atoms with Gasteiger partial charge in [-0.2, -0.15) is 4.37 Å². The zero-order valence-corrected chi connectivity index (χ0v) is 16.2. The molecule has 0 aliphatic carbocycles. The fourth-order valence-corrected chi connectivity index (χ4v) is 4.09. The number of ether oxygens (including phenoxy) is 1. The van der Waals surface area contributed by atoms with E-state index in [2.05, 4.69) is 36.0 Å². The molecule has 3 heterocycles. The van der Waals surface area contributed by atoms with Crippen molar-refractivity contribution in [1.29, 1.82) is 0 Å². The summed E-state index contributed by atoms with van der Waals surface area (Å²) in [5, 5.41) is 1.78. The molecular weight excluding hydrogens is 367 g/mol. The van der Waals surface area contributed by atoms with Crippen molar-refractivity contribution in [2.75, 3.05) is 43.1 Å². The van der Waals surface area contributed by atoms with Gasteiger partial charge in [0.25, 0.3) is 0 Å². The Hall–Kier alpha value is -2.55. The molecule has 1 aliphatic heterocycles. The number of benzene rings is 1. The fourth-order valence-electron chi connectivity index (χ4n) is 3.29. The van der Waals surface area contributed by atoms with Gasteiger partial charge in [0.1, 0.15) is 18.0 Å². The van der Waals surface area contributed by atoms with E-state index in [9.17, 15) is 4.39 Å². The molecule has 9 heteroatoms. The average Bonchev–Trinajstić information content (AvgIpc) is 3.04. The molecular formula is C18H21FN6OS. The molecule has 0 saturated carbocycles. The summed E-state index contributed by atoms with van der Waals surface area (Å²) in [6, 6.07) is 3.08. The minimum Gasteiger partial charge on any atom is -0.494 e. The highest BCUT2D eigenvalue weighted by Crippen LogP contribution is 2.30. The molecule has 1 saturated heterocycles. The van der Waals surface area contributed by atoms with Gasteiger partial charge in [-0.3, -0.25) is 0 Å². The van der Waals surface area contributed by atoms with Crippen LogP contribution in [0, 0.1) is 5.82 Å². The summed E-state index contributed by atoms with van der Waals surface area (Å²) in [5.41, 5.74) is 0.580. The second-order valence-electron chi connectivity index (χ2n) is 6.38. The van der Waals surface area contributed by atoms with E-state index < -0.39 is 5.82 Å². The van der Waals surface area contributed by atoms with Gasteiger partial charge in [-0.15, -0.1) is 0 Å². The summed E-state index contributed by atoms with van der Waals surface area (Å²) in [5.74, 6) is 1.49. The number of aryl methyl sites for hydroxylation is 1. The summed E-state index contributed by atoms with van der Waals surface area (Å²) in [4.78, 5) is 17.8. The van der Waals surface area contributed by atoms with E-state index in [-0.39, 0.29) is 5.75 Å². The van der Waals surface area contributed by atoms with Crippen LogP contribution in [0.5, 0.6) is 5.75 Å². The van der Waals surface area contributed by atoms with E-state index in [1.807, 2.05) is 0 Å². The maximum atomic E-state index is 14.0. The molecule has 7 nitrogen and oxygen atoms in total. The molecule has 1 aliphatic rings. The van der Waals surface area contributed by atoms with Crippen molar-refractivity contribution in [1.82, 2.24) is 19.3 Å². The zero-order valence-electron chi connectivity index (χ0n) is 15.4. The summed E-state index contributed by atoms with van der Waals surface area (Å²) in [6.45, 7) is 5.49. The quantitative estimate of drug-likeness (QED) is 0.681. The van der Waals surface area contributed by atoms with Gasteiger partial charge < -0.3 is 14.5 Å². The summed E-state index contributed by atoms with van der Waals surface area (Å²) in [7, 11) is 1.46. The molecule has 3 aromatic rings. The largest absolute Gasteiger partial charge is 0.494 e. The molecule has 0 spiro atoms. The lowest BCUT2D eigenvalue weighted by atomic mass is 10.2. The smallest absolute Gasteiger partial charge is 0.205 e. The molecule has 0 atom stereocenters. The van der Waals surface area contributed by atoms with Gasteiger partial charge in [0.2, 0.25) is 5.13 Å². The number of aromatic nitrogens is 4. The normalized spacial score (nSPS) is 15.2. The Kier molecular flexibility index (Phi) is 5.02. The molecule has 0 unspecified atom stereocenters. The number of hydrogen-bond donors (Lipinski definition) is 0. The second-order valence-corrected chi connectivity index (χ2v) is 7.11. The molecule has 0 amide bonds. The highest BCUT2D eigenvalue weighted by Gasteiger charge is 2.21. The Morgan fingerprint density at radius 1 is 1.15 bits per heavy atom. The molecule has 2 aromatic heterocycles. The first kappa shape index (κ1) is 17.8. The van der Waals surface area contributed by atoms with Gasteiger partial charge in [-0.1, -0.05) is 6.92 Å². The van der Waals surface area contributed by atoms with Crippen LogP contribution in [-0.4, -0.2) is 52.6 Å². The monoisotopic (exact) mass is 388 g/mol. The van der Waals surface area contributed by atoms with E-state index in [0.29, 0.717) is 5.52 Å². The molecule has 4 rings (SSSR count). The van der Waals surface area contributed by atoms with Crippen molar-refractivity contribution in [3.8, 4) is 5.75 Å². The number of rotatable bonds is 4. The van der Waals surface area contributed by atoms with Gasteiger partial charge >= 0.3 is 0 Å². The van der Waals surface area contributed by atoms with Crippen LogP contribution < -0.4 is 14.5 Å². The van der Waals surface area contributed by atoms with Crippen LogP contribution >= 0.6 is 11.5 Å². The number of methoxy groups -OCH3 is 1. The van der Waals surface area contributed by atoms with Gasteiger partial charge in [0.15, 0.2) is 11.6 Å². The van der Waals surface area contributed by atoms with Crippen LogP contribution in [0.25, 0.3) is 10.9 Å². The number of anilines is 2. The number of hydrogen-bond acceptors (Lipinski definition) is 8. The van der Waals surface area contributed by atoms with Crippen LogP contribution in [0.3, 0.4) is 0 Å². The van der Waals surface area contributed by atoms with E-state index >= 15 is 0 Å². The molecule has 1 fully saturated rings. The standard InChI is InChI=1S/C18H21FN6OS/c1-3-16-22-18(27-23-16)25-6-4-5-24(7-8-25)17-12-9-15(26-2)13(19)10-14(12)20-11-21-17/h9-11H,3-8H2,1-2H3. The fraction of sp³-hybridized carbons (Fsp3) is 0.444. The van der Waals surface area contributed by atoms with Crippen LogP contribution in [0.4, 0.5) is 15.3 Å². The molecule has 0 N–H and O–H groups in total. The van der Waals surface area contributed by atoms with Crippen molar-refractivity contribution in [2.45, 2.75) is 19.8 Å². The lowest BCUT2D eigenvalue weighted by Gasteiger charge is -2.23. The second kappa shape index (κ2) is 7.59. The highest BCUT2D eigenvalue weighted by atomic mass is 32.1. The first-order valence-corrected chi connectivity index (χ1v) is 9.77. The van der Waals surface area contributed by atoms with Crippen molar-refractivity contribution in [2.24, 2.45) is 0 Å². The van der Waals surface area contributed by atoms with Gasteiger partial charge in [-0.25, -0.2) is 19.3 Å². The Balaban J connectivity index is 1.60. The van der Waals surface area contributed by atoms with E-state index in [4.69, 9.17) is 4.74 Å². The Labute approximate surface area is 161 Å². The van der Waals surface area contributed by atoms with E-state index in [0.717, 1.165) is 61.2 Å². The first-order chi connectivity index (χ1) is 13.2. The predicted molar refractivity (Wildman–Crippen MR) is 104 cm³/mol. The van der Waals surface area contributed by atoms with Crippen LogP contribution in [0.2, 0.25) is 0 Å². The summed E-state index contributed by atoms with van der Waals surface area (Å²) >= 11 is 1.46. The topological polar surface area (TPSA) is 67.3 Å². The third-order valence-electron chi connectivity index (χ3n) is 4.73. The van der Waals surface area contributed by atoms with Gasteiger partial charge in [-0.05, 0) is 12.5 Å². The zero-order chi connectivity index (χ0) is 18.8. The SMILES string of the molecule is CCc1nsc(N2CCCN(c3ncnc4cc(F)c(OC)cc34)CC2)n1. The maximum absolute atomic E-state index is 14.0. The van der Waals surface area contributed by atoms with Crippen molar-refractivity contribution in [3.63, 3.8) is 0 Å². The van der Waals surface area contributed by atoms with E-state index in [1.54, 1.807) is 6.07 Å². The first-order valence-electron chi connectivity index (χ1n) is 9.00. The molecule has 0 bridgehead atoms. The molecule has 142 valence electrons. The van der Waals surface area contributed by atoms with Gasteiger partial charge in [0.05, 0.1) is 12.6 Å². The number of fused-ring (bicyclic) bond motifs is 1. The van der Waals surface area contributed by atoms with Crippen LogP contribution in [-0.2, 0) is 6.42 Å². The number of nitrogens with zero attached hydrogens (tertiary/aromatic N) is 6. The number of halogens is 1. The van der Waals surface area contributed by atoms with E-state index in [1.165, 1.54) is 31.0 Å². The lowest BCUT2D eigenvalue weighted by Crippen LogP contribution is -2.31. The molecule has 27 heavy (non-hydrogen) atoms. The van der Waals surface area contributed by atoms with Crippen LogP contribution in [0.1, 0.15) is 19.2 Å². The Morgan fingerprint density at radius 3 is 2.74 bits per heavy atom. The summed E-state index contributed by atoms with van der Waals surface area (Å²) in [6.07, 6.45) is 3.32. The molecule has 0 radical (unpaired) electrons. The average molecular weight is 388 g/mol. The Bertz CT molecular complexity index is 949. The predicted octanol–water partition coefficient (Wildman–Crippen LogP) is 2.91. The summed E-state index contributed by atoms with van der Waals surface area (Å²) < 4.78 is 23.5. The van der Waals surface area contributed by atoms with Crippen molar-refractivity contribution >= 4 is 33.4 Å². The minimum atomic E-state index is -0.417. The lowest BCUT2D eigenvalue weighted by molar-refractivity contribution is 0.387. The third kappa shape index (κ3) is 3.51. The third-order valence-corrected chi connectivity index (χ3v) is 5.54. The van der Waals surface area contributed by atoms with Crippen LogP contribution in [0.15, 0.2) is 18.5 Å². The highest BCUT2D eigenvalue weighted by molar-refractivity contribution is 7.09. The van der Waals surface area contributed by atoms with Crippen molar-refractivity contribution in [3.05, 3.63) is 30.1 Å². The van der Waals surface area contributed by atoms with Crippen molar-refractivity contribution < 1.29 is 9.13 Å². The minimum absolute atomic E-state index is 0.205.